The van der Waals surface area contributed by atoms with Gasteiger partial charge in [0.05, 0.1) is 17.9 Å². The molecule has 0 fully saturated rings. The zero-order valence-electron chi connectivity index (χ0n) is 12.1. The van der Waals surface area contributed by atoms with Gasteiger partial charge in [-0.25, -0.2) is 18.6 Å². The molecule has 1 rings (SSSR count). The number of esters is 1. The second kappa shape index (κ2) is 6.89. The third-order valence-corrected chi connectivity index (χ3v) is 2.89. The molecule has 0 saturated heterocycles. The fourth-order valence-corrected chi connectivity index (χ4v) is 2.07. The zero-order chi connectivity index (χ0) is 17.1. The lowest BCUT2D eigenvalue weighted by Crippen LogP contribution is -2.22. The van der Waals surface area contributed by atoms with Crippen LogP contribution in [0.3, 0.4) is 0 Å². The molecular weight excluding hydrogens is 311 g/mol. The molecule has 0 unspecified atom stereocenters. The van der Waals surface area contributed by atoms with Gasteiger partial charge in [0.2, 0.25) is 0 Å². The highest BCUT2D eigenvalue weighted by atomic mass is 19.4. The highest BCUT2D eigenvalue weighted by molar-refractivity contribution is 5.94. The van der Waals surface area contributed by atoms with Crippen LogP contribution in [0.5, 0.6) is 0 Å². The maximum atomic E-state index is 13.1. The second-order valence-corrected chi connectivity index (χ2v) is 4.20. The molecule has 4 nitrogen and oxygen atoms in total. The number of hydrogen-bond acceptors (Lipinski definition) is 4. The van der Waals surface area contributed by atoms with Crippen molar-refractivity contribution >= 4 is 11.7 Å². The first-order valence-corrected chi connectivity index (χ1v) is 6.45. The van der Waals surface area contributed by atoms with Crippen molar-refractivity contribution in [1.82, 2.24) is 4.98 Å². The summed E-state index contributed by atoms with van der Waals surface area (Å²) in [6.45, 7) is 2.73. The molecule has 0 aliphatic heterocycles. The van der Waals surface area contributed by atoms with Crippen LogP contribution in [-0.4, -0.2) is 24.6 Å². The molecule has 1 heterocycles. The third kappa shape index (κ3) is 3.45. The van der Waals surface area contributed by atoms with Crippen molar-refractivity contribution < 1.29 is 31.5 Å². The number of pyridine rings is 1. The Hall–Kier alpha value is -1.93. The summed E-state index contributed by atoms with van der Waals surface area (Å²) >= 11 is 0. The van der Waals surface area contributed by atoms with Crippen LogP contribution in [0.25, 0.3) is 0 Å². The van der Waals surface area contributed by atoms with Gasteiger partial charge in [0.25, 0.3) is 6.43 Å². The summed E-state index contributed by atoms with van der Waals surface area (Å²) < 4.78 is 69.9. The summed E-state index contributed by atoms with van der Waals surface area (Å²) in [5.74, 6) is -1.24. The topological polar surface area (TPSA) is 51.2 Å². The van der Waals surface area contributed by atoms with Crippen LogP contribution in [0.15, 0.2) is 0 Å². The van der Waals surface area contributed by atoms with E-state index >= 15 is 0 Å². The number of rotatable bonds is 5. The van der Waals surface area contributed by atoms with Crippen molar-refractivity contribution in [2.24, 2.45) is 0 Å². The Morgan fingerprint density at radius 2 is 1.91 bits per heavy atom. The monoisotopic (exact) mass is 326 g/mol. The Morgan fingerprint density at radius 3 is 2.27 bits per heavy atom. The lowest BCUT2D eigenvalue weighted by molar-refractivity contribution is -0.142. The highest BCUT2D eigenvalue weighted by Gasteiger charge is 2.41. The average Bonchev–Trinajstić information content (AvgIpc) is 2.43. The number of nitrogens with zero attached hydrogens (tertiary/aromatic N) is 1. The highest BCUT2D eigenvalue weighted by Crippen LogP contribution is 2.39. The predicted octanol–water partition coefficient (Wildman–Crippen LogP) is 3.82. The lowest BCUT2D eigenvalue weighted by atomic mass is 9.99. The van der Waals surface area contributed by atoms with Gasteiger partial charge in [-0.1, -0.05) is 6.92 Å². The standard InChI is InChI=1S/C13H15F5N2O2/c1-4-6-7(12(21)22-5-2)10(13(16,17)18)20-9(11(14)15)8(6)19-3/h11,19H,4-5H2,1-3H3. The molecule has 124 valence electrons. The van der Waals surface area contributed by atoms with Gasteiger partial charge in [-0.15, -0.1) is 0 Å². The molecule has 0 bridgehead atoms. The van der Waals surface area contributed by atoms with Crippen LogP contribution in [0.2, 0.25) is 0 Å². The van der Waals surface area contributed by atoms with Gasteiger partial charge < -0.3 is 10.1 Å². The van der Waals surface area contributed by atoms with Crippen molar-refractivity contribution in [2.45, 2.75) is 32.9 Å². The summed E-state index contributed by atoms with van der Waals surface area (Å²) in [6.07, 6.45) is -8.34. The average molecular weight is 326 g/mol. The Bertz CT molecular complexity index is 558. The number of halogens is 5. The maximum Gasteiger partial charge on any atom is 0.434 e. The van der Waals surface area contributed by atoms with Crippen molar-refractivity contribution in [3.63, 3.8) is 0 Å². The first kappa shape index (κ1) is 18.1. The van der Waals surface area contributed by atoms with Gasteiger partial charge in [0.15, 0.2) is 5.69 Å². The molecule has 9 heteroatoms. The molecule has 0 aliphatic rings. The Labute approximate surface area is 123 Å². The van der Waals surface area contributed by atoms with Crippen LogP contribution in [-0.2, 0) is 17.3 Å². The number of carbonyl (C=O) groups is 1. The van der Waals surface area contributed by atoms with Crippen LogP contribution in [0.1, 0.15) is 47.6 Å². The molecule has 1 aromatic heterocycles. The number of carbonyl (C=O) groups excluding carboxylic acids is 1. The van der Waals surface area contributed by atoms with E-state index in [0.29, 0.717) is 0 Å². The van der Waals surface area contributed by atoms with Crippen LogP contribution in [0, 0.1) is 0 Å². The summed E-state index contributed by atoms with van der Waals surface area (Å²) in [6, 6.07) is 0. The van der Waals surface area contributed by atoms with E-state index in [0.717, 1.165) is 0 Å². The van der Waals surface area contributed by atoms with E-state index < -0.39 is 35.5 Å². The molecule has 1 aromatic rings. The lowest BCUT2D eigenvalue weighted by Gasteiger charge is -2.20. The smallest absolute Gasteiger partial charge is 0.434 e. The van der Waals surface area contributed by atoms with E-state index in [1.165, 1.54) is 20.9 Å². The minimum atomic E-state index is -5.05. The molecule has 0 atom stereocenters. The zero-order valence-corrected chi connectivity index (χ0v) is 12.1. The summed E-state index contributed by atoms with van der Waals surface area (Å²) in [5, 5.41) is 2.39. The second-order valence-electron chi connectivity index (χ2n) is 4.20. The van der Waals surface area contributed by atoms with E-state index in [4.69, 9.17) is 0 Å². The molecule has 22 heavy (non-hydrogen) atoms. The number of hydrogen-bond donors (Lipinski definition) is 1. The largest absolute Gasteiger partial charge is 0.462 e. The van der Waals surface area contributed by atoms with E-state index in [-0.39, 0.29) is 24.3 Å². The van der Waals surface area contributed by atoms with Crippen LogP contribution < -0.4 is 5.32 Å². The summed E-state index contributed by atoms with van der Waals surface area (Å²) in [5.41, 5.74) is -4.01. The van der Waals surface area contributed by atoms with E-state index in [1.54, 1.807) is 0 Å². The molecule has 0 amide bonds. The number of alkyl halides is 5. The predicted molar refractivity (Wildman–Crippen MR) is 69.1 cm³/mol. The van der Waals surface area contributed by atoms with Crippen LogP contribution >= 0.6 is 0 Å². The van der Waals surface area contributed by atoms with Crippen molar-refractivity contribution in [3.05, 3.63) is 22.5 Å². The molecule has 0 aliphatic carbocycles. The minimum absolute atomic E-state index is 0.0738. The van der Waals surface area contributed by atoms with E-state index in [1.807, 2.05) is 0 Å². The van der Waals surface area contributed by atoms with E-state index in [2.05, 4.69) is 15.0 Å². The normalized spacial score (nSPS) is 11.7. The SMILES string of the molecule is CCOC(=O)c1c(C(F)(F)F)nc(C(F)F)c(NC)c1CC. The Morgan fingerprint density at radius 1 is 1.32 bits per heavy atom. The maximum absolute atomic E-state index is 13.1. The molecule has 1 N–H and O–H groups in total. The number of ether oxygens (including phenoxy) is 1. The number of anilines is 1. The molecular formula is C13H15F5N2O2. The Kier molecular flexibility index (Phi) is 5.67. The molecule has 0 spiro atoms. The fourth-order valence-electron chi connectivity index (χ4n) is 2.07. The summed E-state index contributed by atoms with van der Waals surface area (Å²) in [7, 11) is 1.27. The van der Waals surface area contributed by atoms with Gasteiger partial charge in [-0.2, -0.15) is 13.2 Å². The van der Waals surface area contributed by atoms with Crippen LogP contribution in [0.4, 0.5) is 27.6 Å². The number of aromatic nitrogens is 1. The van der Waals surface area contributed by atoms with Gasteiger partial charge in [-0.3, -0.25) is 0 Å². The summed E-state index contributed by atoms with van der Waals surface area (Å²) in [4.78, 5) is 14.9. The third-order valence-electron chi connectivity index (χ3n) is 2.89. The van der Waals surface area contributed by atoms with Crippen molar-refractivity contribution in [3.8, 4) is 0 Å². The van der Waals surface area contributed by atoms with Gasteiger partial charge in [0.1, 0.15) is 5.69 Å². The fraction of sp³-hybridized carbons (Fsp3) is 0.538. The number of nitrogens with one attached hydrogen (secondary N) is 1. The van der Waals surface area contributed by atoms with Gasteiger partial charge in [0, 0.05) is 7.05 Å². The van der Waals surface area contributed by atoms with E-state index in [9.17, 15) is 26.7 Å². The molecule has 0 saturated carbocycles. The quantitative estimate of drug-likeness (QED) is 0.660. The van der Waals surface area contributed by atoms with Gasteiger partial charge >= 0.3 is 12.1 Å². The first-order valence-electron chi connectivity index (χ1n) is 6.45. The van der Waals surface area contributed by atoms with Crippen molar-refractivity contribution in [2.75, 3.05) is 19.0 Å². The van der Waals surface area contributed by atoms with Crippen molar-refractivity contribution in [1.29, 1.82) is 0 Å². The first-order chi connectivity index (χ1) is 10.2. The molecule has 0 aromatic carbocycles. The minimum Gasteiger partial charge on any atom is -0.462 e. The molecule has 0 radical (unpaired) electrons. The van der Waals surface area contributed by atoms with Gasteiger partial charge in [-0.05, 0) is 18.9 Å². The Balaban J connectivity index is 3.80.